The van der Waals surface area contributed by atoms with Crippen molar-refractivity contribution in [2.45, 2.75) is 18.7 Å². The highest BCUT2D eigenvalue weighted by molar-refractivity contribution is 7.89. The molecular weight excluding hydrogens is 442 g/mol. The Hall–Kier alpha value is -2.88. The van der Waals surface area contributed by atoms with E-state index in [4.69, 9.17) is 0 Å². The number of benzene rings is 2. The number of hydrogen-bond donors (Lipinski definition) is 0. The molecule has 0 atom stereocenters. The molecule has 3 heterocycles. The molecular formula is C23H23N5O2S2. The Kier molecular flexibility index (Phi) is 5.40. The van der Waals surface area contributed by atoms with E-state index in [1.807, 2.05) is 37.3 Å². The summed E-state index contributed by atoms with van der Waals surface area (Å²) in [5.74, 6) is 0.765. The van der Waals surface area contributed by atoms with Gasteiger partial charge in [0.25, 0.3) is 0 Å². The predicted octanol–water partition coefficient (Wildman–Crippen LogP) is 3.88. The molecule has 7 nitrogen and oxygen atoms in total. The molecule has 0 saturated carbocycles. The van der Waals surface area contributed by atoms with Crippen LogP contribution in [0.2, 0.25) is 0 Å². The lowest BCUT2D eigenvalue weighted by Gasteiger charge is -2.34. The van der Waals surface area contributed by atoms with Gasteiger partial charge in [-0.3, -0.25) is 0 Å². The second-order valence-electron chi connectivity index (χ2n) is 7.85. The fraction of sp³-hybridized carbons (Fsp3) is 0.261. The summed E-state index contributed by atoms with van der Waals surface area (Å²) in [5.41, 5.74) is 3.89. The van der Waals surface area contributed by atoms with Crippen molar-refractivity contribution in [1.82, 2.24) is 19.5 Å². The van der Waals surface area contributed by atoms with Crippen molar-refractivity contribution in [2.75, 3.05) is 31.1 Å². The number of nitrogens with zero attached hydrogens (tertiary/aromatic N) is 5. The maximum atomic E-state index is 13.2. The molecule has 0 radical (unpaired) electrons. The third kappa shape index (κ3) is 3.87. The van der Waals surface area contributed by atoms with Gasteiger partial charge in [0.05, 0.1) is 25.8 Å². The number of aromatic nitrogens is 3. The average Bonchev–Trinajstić information content (AvgIpc) is 3.19. The summed E-state index contributed by atoms with van der Waals surface area (Å²) >= 11 is 1.51. The Morgan fingerprint density at radius 1 is 0.906 bits per heavy atom. The zero-order chi connectivity index (χ0) is 22.3. The molecule has 1 saturated heterocycles. The summed E-state index contributed by atoms with van der Waals surface area (Å²) in [6.45, 7) is 5.93. The standard InChI is InChI=1S/C23H23N5O2S2/c1-16-5-3-4-6-19(16)20-9-10-23(26-25-20)27-11-13-28(14-12-27)32(29,30)18-7-8-21-22(15-18)31-17(2)24-21/h3-10,15H,11-14H2,1-2H3. The molecule has 0 amide bonds. The minimum Gasteiger partial charge on any atom is -0.352 e. The fourth-order valence-corrected chi connectivity index (χ4v) is 6.38. The van der Waals surface area contributed by atoms with Gasteiger partial charge in [-0.1, -0.05) is 24.3 Å². The molecule has 2 aromatic carbocycles. The molecule has 0 spiro atoms. The van der Waals surface area contributed by atoms with Crippen LogP contribution >= 0.6 is 11.3 Å². The van der Waals surface area contributed by atoms with E-state index in [-0.39, 0.29) is 0 Å². The predicted molar refractivity (Wildman–Crippen MR) is 128 cm³/mol. The van der Waals surface area contributed by atoms with Crippen LogP contribution < -0.4 is 4.90 Å². The first-order valence-electron chi connectivity index (χ1n) is 10.4. The van der Waals surface area contributed by atoms with E-state index < -0.39 is 10.0 Å². The highest BCUT2D eigenvalue weighted by atomic mass is 32.2. The lowest BCUT2D eigenvalue weighted by molar-refractivity contribution is 0.383. The number of anilines is 1. The maximum Gasteiger partial charge on any atom is 0.243 e. The van der Waals surface area contributed by atoms with Crippen molar-refractivity contribution < 1.29 is 8.42 Å². The van der Waals surface area contributed by atoms with Crippen molar-refractivity contribution in [1.29, 1.82) is 0 Å². The zero-order valence-corrected chi connectivity index (χ0v) is 19.5. The summed E-state index contributed by atoms with van der Waals surface area (Å²) < 4.78 is 28.8. The molecule has 2 aromatic heterocycles. The van der Waals surface area contributed by atoms with Gasteiger partial charge in [-0.25, -0.2) is 13.4 Å². The number of aryl methyl sites for hydroxylation is 2. The van der Waals surface area contributed by atoms with E-state index in [0.717, 1.165) is 37.9 Å². The summed E-state index contributed by atoms with van der Waals surface area (Å²) in [6.07, 6.45) is 0. The number of piperazine rings is 1. The van der Waals surface area contributed by atoms with Gasteiger partial charge in [-0.05, 0) is 49.7 Å². The quantitative estimate of drug-likeness (QED) is 0.455. The first-order valence-corrected chi connectivity index (χ1v) is 12.7. The summed E-state index contributed by atoms with van der Waals surface area (Å²) in [6, 6.07) is 17.2. The van der Waals surface area contributed by atoms with Crippen LogP contribution in [0.5, 0.6) is 0 Å². The Bertz CT molecular complexity index is 1380. The average molecular weight is 466 g/mol. The van der Waals surface area contributed by atoms with E-state index >= 15 is 0 Å². The Labute approximate surface area is 191 Å². The van der Waals surface area contributed by atoms with Gasteiger partial charge < -0.3 is 4.90 Å². The molecule has 164 valence electrons. The topological polar surface area (TPSA) is 79.3 Å². The van der Waals surface area contributed by atoms with Crippen LogP contribution in [0.15, 0.2) is 59.5 Å². The molecule has 0 unspecified atom stereocenters. The number of thiazole rings is 1. The molecule has 0 aliphatic carbocycles. The van der Waals surface area contributed by atoms with Gasteiger partial charge in [0, 0.05) is 31.7 Å². The molecule has 0 N–H and O–H groups in total. The van der Waals surface area contributed by atoms with E-state index in [1.54, 1.807) is 22.5 Å². The molecule has 5 rings (SSSR count). The number of rotatable bonds is 4. The Morgan fingerprint density at radius 2 is 1.69 bits per heavy atom. The van der Waals surface area contributed by atoms with E-state index in [1.165, 1.54) is 11.3 Å². The van der Waals surface area contributed by atoms with Crippen LogP contribution in [0.3, 0.4) is 0 Å². The first-order chi connectivity index (χ1) is 15.4. The number of sulfonamides is 1. The van der Waals surface area contributed by atoms with Crippen LogP contribution in [0.25, 0.3) is 21.5 Å². The SMILES string of the molecule is Cc1nc2ccc(S(=O)(=O)N3CCN(c4ccc(-c5ccccc5C)nn4)CC3)cc2s1. The minimum absolute atomic E-state index is 0.324. The van der Waals surface area contributed by atoms with Crippen LogP contribution in [-0.2, 0) is 10.0 Å². The molecule has 32 heavy (non-hydrogen) atoms. The molecule has 1 aliphatic rings. The van der Waals surface area contributed by atoms with Crippen LogP contribution in [0.1, 0.15) is 10.6 Å². The highest BCUT2D eigenvalue weighted by Gasteiger charge is 2.29. The van der Waals surface area contributed by atoms with E-state index in [2.05, 4.69) is 33.1 Å². The smallest absolute Gasteiger partial charge is 0.243 e. The van der Waals surface area contributed by atoms with Gasteiger partial charge in [-0.2, -0.15) is 4.31 Å². The van der Waals surface area contributed by atoms with Crippen LogP contribution in [0, 0.1) is 13.8 Å². The molecule has 1 fully saturated rings. The second kappa shape index (κ2) is 8.23. The summed E-state index contributed by atoms with van der Waals surface area (Å²) in [5, 5.41) is 9.74. The van der Waals surface area contributed by atoms with Crippen LogP contribution in [0.4, 0.5) is 5.82 Å². The molecule has 9 heteroatoms. The third-order valence-electron chi connectivity index (χ3n) is 5.74. The first kappa shape index (κ1) is 21.0. The molecule has 1 aliphatic heterocycles. The monoisotopic (exact) mass is 465 g/mol. The largest absolute Gasteiger partial charge is 0.352 e. The van der Waals surface area contributed by atoms with Gasteiger partial charge in [0.2, 0.25) is 10.0 Å². The molecule has 0 bridgehead atoms. The van der Waals surface area contributed by atoms with Gasteiger partial charge in [0.1, 0.15) is 0 Å². The van der Waals surface area contributed by atoms with E-state index in [9.17, 15) is 8.42 Å². The highest BCUT2D eigenvalue weighted by Crippen LogP contribution is 2.27. The van der Waals surface area contributed by atoms with E-state index in [0.29, 0.717) is 31.1 Å². The second-order valence-corrected chi connectivity index (χ2v) is 11.0. The summed E-state index contributed by atoms with van der Waals surface area (Å²) in [7, 11) is -3.55. The van der Waals surface area contributed by atoms with Gasteiger partial charge in [0.15, 0.2) is 5.82 Å². The van der Waals surface area contributed by atoms with Crippen molar-refractivity contribution in [3.63, 3.8) is 0 Å². The van der Waals surface area contributed by atoms with Crippen molar-refractivity contribution in [3.8, 4) is 11.3 Å². The molecule has 4 aromatic rings. The number of hydrogen-bond acceptors (Lipinski definition) is 7. The zero-order valence-electron chi connectivity index (χ0n) is 17.9. The van der Waals surface area contributed by atoms with Crippen LogP contribution in [-0.4, -0.2) is 54.1 Å². The van der Waals surface area contributed by atoms with Crippen molar-refractivity contribution >= 4 is 37.4 Å². The number of fused-ring (bicyclic) bond motifs is 1. The van der Waals surface area contributed by atoms with Gasteiger partial charge >= 0.3 is 0 Å². The fourth-order valence-electron chi connectivity index (χ4n) is 3.99. The minimum atomic E-state index is -3.55. The normalized spacial score (nSPS) is 15.4. The lowest BCUT2D eigenvalue weighted by atomic mass is 10.1. The Morgan fingerprint density at radius 3 is 2.41 bits per heavy atom. The van der Waals surface area contributed by atoms with Crippen molar-refractivity contribution in [2.24, 2.45) is 0 Å². The summed E-state index contributed by atoms with van der Waals surface area (Å²) in [4.78, 5) is 6.82. The Balaban J connectivity index is 1.29. The third-order valence-corrected chi connectivity index (χ3v) is 8.57. The lowest BCUT2D eigenvalue weighted by Crippen LogP contribution is -2.49. The van der Waals surface area contributed by atoms with Crippen molar-refractivity contribution in [3.05, 3.63) is 65.2 Å². The maximum absolute atomic E-state index is 13.2. The van der Waals surface area contributed by atoms with Gasteiger partial charge in [-0.15, -0.1) is 21.5 Å².